The molecule has 0 aromatic rings. The fourth-order valence-corrected chi connectivity index (χ4v) is 15.2. The van der Waals surface area contributed by atoms with Gasteiger partial charge in [0.15, 0.2) is 18.9 Å². The third-order valence-corrected chi connectivity index (χ3v) is 19.1. The molecule has 2 spiro atoms. The van der Waals surface area contributed by atoms with E-state index in [1.165, 1.54) is 0 Å². The van der Waals surface area contributed by atoms with Crippen molar-refractivity contribution >= 4 is 0 Å². The number of ether oxygens (including phenoxy) is 6. The molecule has 8 aliphatic rings. The van der Waals surface area contributed by atoms with Crippen LogP contribution in [0, 0.1) is 50.7 Å². The first kappa shape index (κ1) is 48.8. The standard InChI is InChI=1S/C46H78O17/c1-20(9-10-28(42(5,6)57)61-40-36(32(53)25(49)18-59-40)63-38-34(55)31(52)24(48)17-58-38)22-11-12-44(8)37-23(47)15-26-41(3,4)29(62-39-35(56)33(54)30(51)21(2)60-39)16-27(50)46(26)19-45(37,46)14-13-43(22,44)7/h20-40,47-57H,9-19H2,1-8H3/t20-,21+,22?,23+,24-,25-,26?,27+,28+,29+,30+,31+,32+,33-,34-,35-,36-,37+,38+,39+,40+,43-,44+,45+,46-/m1/s1. The Balaban J connectivity index is 0.954. The third-order valence-electron chi connectivity index (χ3n) is 19.1. The van der Waals surface area contributed by atoms with Crippen LogP contribution in [0.1, 0.15) is 113 Å². The van der Waals surface area contributed by atoms with Gasteiger partial charge in [-0.25, -0.2) is 0 Å². The predicted molar refractivity (Wildman–Crippen MR) is 221 cm³/mol. The van der Waals surface area contributed by atoms with Gasteiger partial charge in [0, 0.05) is 11.8 Å². The molecule has 3 saturated heterocycles. The molecular formula is C46H78O17. The summed E-state index contributed by atoms with van der Waals surface area (Å²) < 4.78 is 35.8. The lowest BCUT2D eigenvalue weighted by atomic mass is 9.40. The lowest BCUT2D eigenvalue weighted by Crippen LogP contribution is -2.65. The zero-order valence-corrected chi connectivity index (χ0v) is 38.3. The van der Waals surface area contributed by atoms with Gasteiger partial charge < -0.3 is 84.6 Å². The van der Waals surface area contributed by atoms with Crippen LogP contribution in [0.2, 0.25) is 0 Å². The van der Waals surface area contributed by atoms with Crippen LogP contribution in [0.25, 0.3) is 0 Å². The zero-order chi connectivity index (χ0) is 46.1. The van der Waals surface area contributed by atoms with Crippen LogP contribution in [0.15, 0.2) is 0 Å². The first-order valence-electron chi connectivity index (χ1n) is 23.6. The Morgan fingerprint density at radius 3 is 1.98 bits per heavy atom. The molecule has 0 amide bonds. The number of aliphatic hydroxyl groups excluding tert-OH is 10. The van der Waals surface area contributed by atoms with Gasteiger partial charge in [-0.15, -0.1) is 0 Å². The maximum atomic E-state index is 12.5. The second-order valence-corrected chi connectivity index (χ2v) is 23.0. The van der Waals surface area contributed by atoms with Crippen molar-refractivity contribution in [3.8, 4) is 0 Å². The van der Waals surface area contributed by atoms with E-state index in [4.69, 9.17) is 28.4 Å². The first-order valence-corrected chi connectivity index (χ1v) is 23.6. The largest absolute Gasteiger partial charge is 0.393 e. The van der Waals surface area contributed by atoms with Crippen molar-refractivity contribution in [1.29, 1.82) is 0 Å². The van der Waals surface area contributed by atoms with Gasteiger partial charge in [-0.05, 0) is 117 Å². The van der Waals surface area contributed by atoms with Gasteiger partial charge in [-0.2, -0.15) is 0 Å². The molecule has 11 N–H and O–H groups in total. The highest BCUT2D eigenvalue weighted by Crippen LogP contribution is 2.89. The molecule has 0 radical (unpaired) electrons. The summed E-state index contributed by atoms with van der Waals surface area (Å²) in [4.78, 5) is 0. The van der Waals surface area contributed by atoms with Crippen LogP contribution < -0.4 is 0 Å². The van der Waals surface area contributed by atoms with E-state index in [2.05, 4.69) is 34.6 Å². The van der Waals surface area contributed by atoms with Crippen LogP contribution >= 0.6 is 0 Å². The third kappa shape index (κ3) is 7.53. The quantitative estimate of drug-likeness (QED) is 0.122. The Labute approximate surface area is 371 Å². The highest BCUT2D eigenvalue weighted by Gasteiger charge is 2.86. The molecule has 5 aliphatic carbocycles. The minimum atomic E-state index is -1.65. The number of hydrogen-bond acceptors (Lipinski definition) is 17. The average molecular weight is 903 g/mol. The number of fused-ring (bicyclic) bond motifs is 2. The van der Waals surface area contributed by atoms with Crippen molar-refractivity contribution in [3.05, 3.63) is 0 Å². The Morgan fingerprint density at radius 1 is 0.683 bits per heavy atom. The van der Waals surface area contributed by atoms with Crippen molar-refractivity contribution < 1.29 is 84.6 Å². The van der Waals surface area contributed by atoms with Crippen LogP contribution in [0.5, 0.6) is 0 Å². The highest BCUT2D eigenvalue weighted by molar-refractivity contribution is 5.34. The maximum Gasteiger partial charge on any atom is 0.187 e. The molecule has 0 aromatic heterocycles. The van der Waals surface area contributed by atoms with Crippen LogP contribution in [0.3, 0.4) is 0 Å². The monoisotopic (exact) mass is 903 g/mol. The SMILES string of the molecule is C[C@H](CC[C@H](O[C@@H]1OC[C@@H](O)[C@H](O)[C@H]1O[C@@H]1OC[C@@H](O)[C@H](O)[C@H]1O)C(C)(C)O)C1CC[C@@]2(C)[C@@H]3[C@@H](O)CC4C(C)(C)[C@@H](O[C@@H]5O[C@@H](C)[C@H](O)[C@@H](O)[C@H]5O)C[C@H](O)[C@@]45C[C@@]35CC[C@]12C. The van der Waals surface area contributed by atoms with E-state index < -0.39 is 121 Å². The van der Waals surface area contributed by atoms with E-state index in [0.717, 1.165) is 32.1 Å². The van der Waals surface area contributed by atoms with Gasteiger partial charge in [-0.3, -0.25) is 0 Å². The molecule has 2 unspecified atom stereocenters. The molecule has 25 atom stereocenters. The lowest BCUT2D eigenvalue weighted by molar-refractivity contribution is -0.353. The van der Waals surface area contributed by atoms with Crippen molar-refractivity contribution in [2.24, 2.45) is 50.7 Å². The summed E-state index contributed by atoms with van der Waals surface area (Å²) in [6.45, 7) is 15.5. The average Bonchev–Trinajstić information content (AvgIpc) is 3.81. The van der Waals surface area contributed by atoms with Gasteiger partial charge >= 0.3 is 0 Å². The van der Waals surface area contributed by atoms with Crippen LogP contribution in [-0.2, 0) is 28.4 Å². The Kier molecular flexibility index (Phi) is 13.0. The Morgan fingerprint density at radius 2 is 1.32 bits per heavy atom. The second-order valence-electron chi connectivity index (χ2n) is 23.0. The molecule has 3 heterocycles. The molecular weight excluding hydrogens is 824 g/mol. The van der Waals surface area contributed by atoms with E-state index >= 15 is 0 Å². The number of rotatable bonds is 11. The van der Waals surface area contributed by atoms with E-state index in [1.54, 1.807) is 20.8 Å². The van der Waals surface area contributed by atoms with E-state index in [1.807, 2.05) is 0 Å². The Bertz CT molecular complexity index is 1630. The fourth-order valence-electron chi connectivity index (χ4n) is 15.2. The van der Waals surface area contributed by atoms with Gasteiger partial charge in [0.25, 0.3) is 0 Å². The fraction of sp³-hybridized carbons (Fsp3) is 1.00. The topological polar surface area (TPSA) is 278 Å². The summed E-state index contributed by atoms with van der Waals surface area (Å²) in [5, 5.41) is 120. The summed E-state index contributed by atoms with van der Waals surface area (Å²) in [6.07, 6.45) is -13.8. The summed E-state index contributed by atoms with van der Waals surface area (Å²) in [7, 11) is 0. The minimum Gasteiger partial charge on any atom is -0.393 e. The van der Waals surface area contributed by atoms with Crippen molar-refractivity contribution in [2.45, 2.75) is 223 Å². The Hall–Kier alpha value is -0.680. The molecule has 0 aromatic carbocycles. The van der Waals surface area contributed by atoms with Gasteiger partial charge in [0.1, 0.15) is 54.9 Å². The molecule has 3 aliphatic heterocycles. The summed E-state index contributed by atoms with van der Waals surface area (Å²) in [6, 6.07) is 0. The molecule has 8 rings (SSSR count). The molecule has 364 valence electrons. The van der Waals surface area contributed by atoms with E-state index in [0.29, 0.717) is 25.7 Å². The predicted octanol–water partition coefficient (Wildman–Crippen LogP) is 0.0545. The van der Waals surface area contributed by atoms with E-state index in [-0.39, 0.29) is 53.1 Å². The molecule has 8 fully saturated rings. The van der Waals surface area contributed by atoms with Crippen LogP contribution in [-0.4, -0.2) is 179 Å². The van der Waals surface area contributed by atoms with Crippen LogP contribution in [0.4, 0.5) is 0 Å². The molecule has 63 heavy (non-hydrogen) atoms. The summed E-state index contributed by atoms with van der Waals surface area (Å²) in [5.41, 5.74) is -2.87. The zero-order valence-electron chi connectivity index (χ0n) is 38.3. The molecule has 17 nitrogen and oxygen atoms in total. The van der Waals surface area contributed by atoms with Crippen molar-refractivity contribution in [2.75, 3.05) is 13.2 Å². The summed E-state index contributed by atoms with van der Waals surface area (Å²) in [5.74, 6) is 0.384. The molecule has 17 heteroatoms. The lowest BCUT2D eigenvalue weighted by Gasteiger charge is -2.65. The van der Waals surface area contributed by atoms with Crippen molar-refractivity contribution in [1.82, 2.24) is 0 Å². The van der Waals surface area contributed by atoms with E-state index in [9.17, 15) is 56.2 Å². The van der Waals surface area contributed by atoms with Gasteiger partial charge in [0.2, 0.25) is 0 Å². The second kappa shape index (κ2) is 16.8. The number of aliphatic hydroxyl groups is 11. The smallest absolute Gasteiger partial charge is 0.187 e. The van der Waals surface area contributed by atoms with Crippen molar-refractivity contribution in [3.63, 3.8) is 0 Å². The normalized spacial score (nSPS) is 55.2. The minimum absolute atomic E-state index is 0.0215. The molecule has 5 saturated carbocycles. The number of hydrogen-bond donors (Lipinski definition) is 11. The first-order chi connectivity index (χ1) is 29.3. The van der Waals surface area contributed by atoms with Gasteiger partial charge in [0.05, 0.1) is 49.3 Å². The maximum absolute atomic E-state index is 12.5. The molecule has 0 bridgehead atoms. The highest BCUT2D eigenvalue weighted by atomic mass is 16.8. The summed E-state index contributed by atoms with van der Waals surface area (Å²) >= 11 is 0. The van der Waals surface area contributed by atoms with Gasteiger partial charge in [-0.1, -0.05) is 34.6 Å².